The van der Waals surface area contributed by atoms with Gasteiger partial charge in [0.25, 0.3) is 0 Å². The third kappa shape index (κ3) is 1.51. The molecule has 3 rings (SSSR count). The number of hydrogen-bond acceptors (Lipinski definition) is 4. The lowest BCUT2D eigenvalue weighted by molar-refractivity contribution is 0.832. The lowest BCUT2D eigenvalue weighted by Crippen LogP contribution is -2.17. The van der Waals surface area contributed by atoms with E-state index in [4.69, 9.17) is 18.0 Å². The molecule has 0 atom stereocenters. The quantitative estimate of drug-likeness (QED) is 0.624. The second-order valence-electron chi connectivity index (χ2n) is 3.62. The summed E-state index contributed by atoms with van der Waals surface area (Å²) in [7, 11) is 0. The number of nitrogens with one attached hydrogen (secondary N) is 1. The Balaban J connectivity index is 2.25. The molecule has 0 amide bonds. The third-order valence-corrected chi connectivity index (χ3v) is 2.72. The molecule has 0 unspecified atom stereocenters. The van der Waals surface area contributed by atoms with Gasteiger partial charge in [-0.15, -0.1) is 5.10 Å². The molecule has 0 spiro atoms. The highest BCUT2D eigenvalue weighted by Crippen LogP contribution is 2.10. The van der Waals surface area contributed by atoms with Crippen LogP contribution in [-0.4, -0.2) is 29.4 Å². The maximum Gasteiger partial charge on any atom is 0.364 e. The van der Waals surface area contributed by atoms with Crippen LogP contribution in [-0.2, 0) is 0 Å². The Morgan fingerprint density at radius 2 is 2.22 bits per heavy atom. The first kappa shape index (κ1) is 10.7. The minimum absolute atomic E-state index is 0.265. The predicted octanol–water partition coefficient (Wildman–Crippen LogP) is -0.158. The van der Waals surface area contributed by atoms with Crippen LogP contribution in [0.15, 0.2) is 35.3 Å². The number of rotatable bonds is 2. The van der Waals surface area contributed by atoms with Gasteiger partial charge < -0.3 is 5.73 Å². The summed E-state index contributed by atoms with van der Waals surface area (Å²) in [6, 6.07) is 7.01. The topological polar surface area (TPSA) is 94.0 Å². The Labute approximate surface area is 106 Å². The van der Waals surface area contributed by atoms with Crippen molar-refractivity contribution < 1.29 is 0 Å². The van der Waals surface area contributed by atoms with Crippen LogP contribution >= 0.6 is 12.2 Å². The summed E-state index contributed by atoms with van der Waals surface area (Å²) in [5.74, 6) is 0.541. The van der Waals surface area contributed by atoms with Gasteiger partial charge >= 0.3 is 5.69 Å². The molecule has 7 nitrogen and oxygen atoms in total. The minimum atomic E-state index is -0.393. The SMILES string of the molecule is NC(=S)c1cccn1-c1ccc2n[nH]c(=O)n2n1. The van der Waals surface area contributed by atoms with Crippen molar-refractivity contribution in [1.82, 2.24) is 24.4 Å². The number of aromatic nitrogens is 5. The van der Waals surface area contributed by atoms with E-state index in [9.17, 15) is 4.79 Å². The highest BCUT2D eigenvalue weighted by molar-refractivity contribution is 7.80. The molecular formula is C10H8N6OS. The van der Waals surface area contributed by atoms with Crippen LogP contribution in [0, 0.1) is 0 Å². The van der Waals surface area contributed by atoms with Gasteiger partial charge in [0.15, 0.2) is 11.5 Å². The molecule has 0 aliphatic heterocycles. The lowest BCUT2D eigenvalue weighted by Gasteiger charge is -2.06. The minimum Gasteiger partial charge on any atom is -0.388 e. The van der Waals surface area contributed by atoms with Crippen molar-refractivity contribution in [3.8, 4) is 5.82 Å². The summed E-state index contributed by atoms with van der Waals surface area (Å²) < 4.78 is 2.89. The summed E-state index contributed by atoms with van der Waals surface area (Å²) in [5.41, 5.74) is 6.33. The zero-order chi connectivity index (χ0) is 12.7. The number of hydrogen-bond donors (Lipinski definition) is 2. The van der Waals surface area contributed by atoms with Gasteiger partial charge in [-0.25, -0.2) is 9.89 Å². The van der Waals surface area contributed by atoms with Crippen molar-refractivity contribution in [1.29, 1.82) is 0 Å². The van der Waals surface area contributed by atoms with Crippen molar-refractivity contribution >= 4 is 22.9 Å². The molecule has 8 heteroatoms. The number of nitrogens with zero attached hydrogens (tertiary/aromatic N) is 4. The second-order valence-corrected chi connectivity index (χ2v) is 4.06. The molecule has 3 N–H and O–H groups in total. The molecule has 0 aromatic carbocycles. The molecule has 0 aliphatic rings. The van der Waals surface area contributed by atoms with E-state index in [1.807, 2.05) is 0 Å². The molecule has 3 heterocycles. The Morgan fingerprint density at radius 1 is 1.39 bits per heavy atom. The van der Waals surface area contributed by atoms with Gasteiger partial charge in [0.2, 0.25) is 0 Å². The van der Waals surface area contributed by atoms with Gasteiger partial charge in [0.1, 0.15) is 4.99 Å². The van der Waals surface area contributed by atoms with Gasteiger partial charge in [0, 0.05) is 6.20 Å². The maximum atomic E-state index is 11.4. The number of nitrogens with two attached hydrogens (primary N) is 1. The second kappa shape index (κ2) is 3.77. The average molecular weight is 260 g/mol. The molecule has 0 radical (unpaired) electrons. The van der Waals surface area contributed by atoms with E-state index in [1.165, 1.54) is 4.52 Å². The Morgan fingerprint density at radius 3 is 3.00 bits per heavy atom. The van der Waals surface area contributed by atoms with Gasteiger partial charge in [-0.2, -0.15) is 9.61 Å². The molecule has 0 aliphatic carbocycles. The van der Waals surface area contributed by atoms with E-state index in [0.717, 1.165) is 0 Å². The fraction of sp³-hybridized carbons (Fsp3) is 0. The summed E-state index contributed by atoms with van der Waals surface area (Å²) in [5, 5.41) is 10.3. The molecule has 0 saturated heterocycles. The summed E-state index contributed by atoms with van der Waals surface area (Å²) >= 11 is 4.95. The van der Waals surface area contributed by atoms with Crippen LogP contribution in [0.4, 0.5) is 0 Å². The van der Waals surface area contributed by atoms with Gasteiger partial charge in [-0.1, -0.05) is 12.2 Å². The highest BCUT2D eigenvalue weighted by Gasteiger charge is 2.09. The van der Waals surface area contributed by atoms with Crippen LogP contribution in [0.5, 0.6) is 0 Å². The molecule has 0 saturated carbocycles. The van der Waals surface area contributed by atoms with E-state index in [0.29, 0.717) is 17.2 Å². The summed E-state index contributed by atoms with van der Waals surface area (Å²) in [6.07, 6.45) is 1.77. The fourth-order valence-electron chi connectivity index (χ4n) is 1.70. The predicted molar refractivity (Wildman–Crippen MR) is 68.8 cm³/mol. The van der Waals surface area contributed by atoms with E-state index in [-0.39, 0.29) is 4.99 Å². The first-order valence-electron chi connectivity index (χ1n) is 5.09. The Kier molecular flexibility index (Phi) is 2.23. The number of aromatic amines is 1. The zero-order valence-corrected chi connectivity index (χ0v) is 9.89. The van der Waals surface area contributed by atoms with Crippen LogP contribution in [0.3, 0.4) is 0 Å². The normalized spacial score (nSPS) is 10.9. The number of fused-ring (bicyclic) bond motifs is 1. The molecule has 18 heavy (non-hydrogen) atoms. The zero-order valence-electron chi connectivity index (χ0n) is 9.07. The van der Waals surface area contributed by atoms with E-state index in [1.54, 1.807) is 35.0 Å². The summed E-state index contributed by atoms with van der Waals surface area (Å²) in [4.78, 5) is 11.7. The van der Waals surface area contributed by atoms with E-state index < -0.39 is 5.69 Å². The van der Waals surface area contributed by atoms with Gasteiger partial charge in [-0.05, 0) is 24.3 Å². The van der Waals surface area contributed by atoms with Crippen molar-refractivity contribution in [3.05, 3.63) is 46.6 Å². The molecule has 3 aromatic heterocycles. The highest BCUT2D eigenvalue weighted by atomic mass is 32.1. The third-order valence-electron chi connectivity index (χ3n) is 2.51. The number of thiocarbonyl (C=S) groups is 1. The van der Waals surface area contributed by atoms with Crippen LogP contribution in [0.25, 0.3) is 11.5 Å². The Hall–Kier alpha value is -2.48. The van der Waals surface area contributed by atoms with Gasteiger partial charge in [0.05, 0.1) is 5.69 Å². The first-order valence-corrected chi connectivity index (χ1v) is 5.49. The number of H-pyrrole nitrogens is 1. The fourth-order valence-corrected chi connectivity index (χ4v) is 1.87. The first-order chi connectivity index (χ1) is 8.66. The molecular weight excluding hydrogens is 252 g/mol. The lowest BCUT2D eigenvalue weighted by atomic mass is 10.4. The Bertz CT molecular complexity index is 798. The molecule has 0 bridgehead atoms. The van der Waals surface area contributed by atoms with E-state index in [2.05, 4.69) is 15.3 Å². The maximum absolute atomic E-state index is 11.4. The van der Waals surface area contributed by atoms with Gasteiger partial charge in [-0.3, -0.25) is 4.57 Å². The monoisotopic (exact) mass is 260 g/mol. The largest absolute Gasteiger partial charge is 0.388 e. The van der Waals surface area contributed by atoms with Crippen molar-refractivity contribution in [2.75, 3.05) is 0 Å². The molecule has 0 fully saturated rings. The van der Waals surface area contributed by atoms with Crippen molar-refractivity contribution in [2.45, 2.75) is 0 Å². The van der Waals surface area contributed by atoms with E-state index >= 15 is 0 Å². The van der Waals surface area contributed by atoms with Crippen LogP contribution in [0.2, 0.25) is 0 Å². The van der Waals surface area contributed by atoms with Crippen LogP contribution in [0.1, 0.15) is 5.69 Å². The molecule has 3 aromatic rings. The summed E-state index contributed by atoms with van der Waals surface area (Å²) in [6.45, 7) is 0. The van der Waals surface area contributed by atoms with Crippen LogP contribution < -0.4 is 11.4 Å². The van der Waals surface area contributed by atoms with Crippen molar-refractivity contribution in [2.24, 2.45) is 5.73 Å². The molecule has 90 valence electrons. The van der Waals surface area contributed by atoms with Crippen molar-refractivity contribution in [3.63, 3.8) is 0 Å². The smallest absolute Gasteiger partial charge is 0.364 e. The average Bonchev–Trinajstić information content (AvgIpc) is 2.96. The standard InChI is InChI=1S/C10H8N6OS/c11-9(18)6-2-1-5-15(6)8-4-3-7-12-13-10(17)16(7)14-8/h1-5H,(H2,11,18)(H,13,17).